The summed E-state index contributed by atoms with van der Waals surface area (Å²) < 4.78 is 5.47. The Labute approximate surface area is 162 Å². The van der Waals surface area contributed by atoms with Gasteiger partial charge in [0.15, 0.2) is 0 Å². The van der Waals surface area contributed by atoms with E-state index >= 15 is 0 Å². The smallest absolute Gasteiger partial charge is 0.133 e. The first-order valence-electron chi connectivity index (χ1n) is 10.1. The number of pyridine rings is 1. The predicted octanol–water partition coefficient (Wildman–Crippen LogP) is 2.84. The van der Waals surface area contributed by atoms with Crippen LogP contribution in [0.15, 0.2) is 42.6 Å². The normalized spacial score (nSPS) is 20.3. The molecule has 144 valence electrons. The van der Waals surface area contributed by atoms with Gasteiger partial charge in [0.1, 0.15) is 5.82 Å². The SMILES string of the molecule is Cc1ccccc1N1CCN(c2ncccc2CNC[C@@H]2CCOC2)CC1. The Hall–Kier alpha value is -2.11. The number of ether oxygens (including phenoxy) is 1. The summed E-state index contributed by atoms with van der Waals surface area (Å²) in [7, 11) is 0. The monoisotopic (exact) mass is 366 g/mol. The number of anilines is 2. The fraction of sp³-hybridized carbons (Fsp3) is 0.500. The summed E-state index contributed by atoms with van der Waals surface area (Å²) in [5.74, 6) is 1.79. The summed E-state index contributed by atoms with van der Waals surface area (Å²) >= 11 is 0. The van der Waals surface area contributed by atoms with Gasteiger partial charge in [-0.05, 0) is 37.0 Å². The number of nitrogens with one attached hydrogen (secondary N) is 1. The lowest BCUT2D eigenvalue weighted by Crippen LogP contribution is -2.47. The molecule has 0 radical (unpaired) electrons. The van der Waals surface area contributed by atoms with E-state index in [0.717, 1.165) is 58.3 Å². The minimum absolute atomic E-state index is 0.655. The van der Waals surface area contributed by atoms with Crippen LogP contribution >= 0.6 is 0 Å². The molecule has 0 saturated carbocycles. The van der Waals surface area contributed by atoms with E-state index in [1.54, 1.807) is 0 Å². The van der Waals surface area contributed by atoms with E-state index in [4.69, 9.17) is 9.72 Å². The lowest BCUT2D eigenvalue weighted by molar-refractivity contribution is 0.185. The van der Waals surface area contributed by atoms with Gasteiger partial charge in [-0.3, -0.25) is 0 Å². The van der Waals surface area contributed by atoms with Crippen LogP contribution < -0.4 is 15.1 Å². The molecule has 0 aliphatic carbocycles. The van der Waals surface area contributed by atoms with Gasteiger partial charge in [0, 0.05) is 63.3 Å². The van der Waals surface area contributed by atoms with Crippen LogP contribution in [0, 0.1) is 12.8 Å². The molecule has 1 aromatic carbocycles. The van der Waals surface area contributed by atoms with Gasteiger partial charge < -0.3 is 19.9 Å². The molecule has 5 nitrogen and oxygen atoms in total. The maximum atomic E-state index is 5.47. The number of aromatic nitrogens is 1. The van der Waals surface area contributed by atoms with Crippen molar-refractivity contribution >= 4 is 11.5 Å². The number of para-hydroxylation sites is 1. The van der Waals surface area contributed by atoms with Crippen molar-refractivity contribution in [2.45, 2.75) is 19.9 Å². The molecule has 27 heavy (non-hydrogen) atoms. The van der Waals surface area contributed by atoms with E-state index < -0.39 is 0 Å². The largest absolute Gasteiger partial charge is 0.381 e. The second-order valence-corrected chi connectivity index (χ2v) is 7.61. The van der Waals surface area contributed by atoms with Gasteiger partial charge in [0.05, 0.1) is 6.61 Å². The zero-order valence-corrected chi connectivity index (χ0v) is 16.2. The van der Waals surface area contributed by atoms with Crippen LogP contribution in [0.25, 0.3) is 0 Å². The molecule has 1 N–H and O–H groups in total. The Morgan fingerprint density at radius 2 is 1.89 bits per heavy atom. The van der Waals surface area contributed by atoms with Crippen LogP contribution in [0.4, 0.5) is 11.5 Å². The van der Waals surface area contributed by atoms with Crippen LogP contribution in [0.3, 0.4) is 0 Å². The molecule has 2 saturated heterocycles. The Balaban J connectivity index is 1.36. The average Bonchev–Trinajstić information content (AvgIpc) is 3.23. The van der Waals surface area contributed by atoms with E-state index in [1.807, 2.05) is 12.3 Å². The number of hydrogen-bond donors (Lipinski definition) is 1. The number of hydrogen-bond acceptors (Lipinski definition) is 5. The molecule has 2 aromatic rings. The van der Waals surface area contributed by atoms with E-state index in [-0.39, 0.29) is 0 Å². The molecule has 2 aliphatic heterocycles. The molecule has 1 aromatic heterocycles. The third-order valence-corrected chi connectivity index (χ3v) is 5.68. The Morgan fingerprint density at radius 1 is 1.07 bits per heavy atom. The van der Waals surface area contributed by atoms with Crippen molar-refractivity contribution in [1.82, 2.24) is 10.3 Å². The van der Waals surface area contributed by atoms with Crippen molar-refractivity contribution < 1.29 is 4.74 Å². The highest BCUT2D eigenvalue weighted by Crippen LogP contribution is 2.24. The van der Waals surface area contributed by atoms with Gasteiger partial charge in [-0.15, -0.1) is 0 Å². The Bertz CT molecular complexity index is 737. The van der Waals surface area contributed by atoms with Crippen molar-refractivity contribution in [2.24, 2.45) is 5.92 Å². The van der Waals surface area contributed by atoms with Gasteiger partial charge in [0.2, 0.25) is 0 Å². The fourth-order valence-corrected chi connectivity index (χ4v) is 4.09. The minimum atomic E-state index is 0.655. The fourth-order valence-electron chi connectivity index (χ4n) is 4.09. The molecular weight excluding hydrogens is 336 g/mol. The summed E-state index contributed by atoms with van der Waals surface area (Å²) in [6.45, 7) is 9.99. The van der Waals surface area contributed by atoms with Crippen molar-refractivity contribution in [1.29, 1.82) is 0 Å². The first-order chi connectivity index (χ1) is 13.3. The molecule has 5 heteroatoms. The van der Waals surface area contributed by atoms with Crippen LogP contribution in [0.5, 0.6) is 0 Å². The number of piperazine rings is 1. The number of rotatable bonds is 6. The molecule has 0 unspecified atom stereocenters. The Kier molecular flexibility index (Phi) is 5.90. The topological polar surface area (TPSA) is 40.6 Å². The number of nitrogens with zero attached hydrogens (tertiary/aromatic N) is 3. The molecular formula is C22H30N4O. The van der Waals surface area contributed by atoms with Crippen LogP contribution in [-0.2, 0) is 11.3 Å². The van der Waals surface area contributed by atoms with E-state index in [1.165, 1.54) is 23.2 Å². The van der Waals surface area contributed by atoms with Crippen LogP contribution in [0.2, 0.25) is 0 Å². The van der Waals surface area contributed by atoms with Gasteiger partial charge in [-0.1, -0.05) is 24.3 Å². The molecule has 3 heterocycles. The van der Waals surface area contributed by atoms with E-state index in [2.05, 4.69) is 52.4 Å². The standard InChI is InChI=1S/C22H30N4O/c1-18-5-2-3-7-21(18)25-10-12-26(13-11-25)22-20(6-4-9-24-22)16-23-15-19-8-14-27-17-19/h2-7,9,19,23H,8,10-17H2,1H3/t19-/m0/s1. The van der Waals surface area contributed by atoms with Crippen LogP contribution in [0.1, 0.15) is 17.5 Å². The van der Waals surface area contributed by atoms with Gasteiger partial charge in [-0.25, -0.2) is 4.98 Å². The zero-order chi connectivity index (χ0) is 18.5. The highest BCUT2D eigenvalue weighted by Gasteiger charge is 2.21. The first-order valence-corrected chi connectivity index (χ1v) is 10.1. The molecule has 0 bridgehead atoms. The minimum Gasteiger partial charge on any atom is -0.381 e. The van der Waals surface area contributed by atoms with Crippen molar-refractivity contribution in [3.8, 4) is 0 Å². The molecule has 2 fully saturated rings. The molecule has 1 atom stereocenters. The van der Waals surface area contributed by atoms with Gasteiger partial charge in [0.25, 0.3) is 0 Å². The molecule has 4 rings (SSSR count). The van der Waals surface area contributed by atoms with E-state index in [0.29, 0.717) is 5.92 Å². The maximum absolute atomic E-state index is 5.47. The second kappa shape index (κ2) is 8.72. The first kappa shape index (κ1) is 18.3. The maximum Gasteiger partial charge on any atom is 0.133 e. The third-order valence-electron chi connectivity index (χ3n) is 5.68. The summed E-state index contributed by atoms with van der Waals surface area (Å²) in [6.07, 6.45) is 3.09. The third kappa shape index (κ3) is 4.42. The molecule has 0 spiro atoms. The number of benzene rings is 1. The summed E-state index contributed by atoms with van der Waals surface area (Å²) in [6, 6.07) is 12.9. The predicted molar refractivity (Wildman–Crippen MR) is 110 cm³/mol. The zero-order valence-electron chi connectivity index (χ0n) is 16.2. The summed E-state index contributed by atoms with van der Waals surface area (Å²) in [4.78, 5) is 9.64. The van der Waals surface area contributed by atoms with Crippen molar-refractivity contribution in [2.75, 3.05) is 55.7 Å². The summed E-state index contributed by atoms with van der Waals surface area (Å²) in [5.41, 5.74) is 4.00. The highest BCUT2D eigenvalue weighted by molar-refractivity contribution is 5.55. The number of aryl methyl sites for hydroxylation is 1. The second-order valence-electron chi connectivity index (χ2n) is 7.61. The Morgan fingerprint density at radius 3 is 2.67 bits per heavy atom. The lowest BCUT2D eigenvalue weighted by Gasteiger charge is -2.38. The quantitative estimate of drug-likeness (QED) is 0.851. The highest BCUT2D eigenvalue weighted by atomic mass is 16.5. The van der Waals surface area contributed by atoms with Gasteiger partial charge >= 0.3 is 0 Å². The average molecular weight is 367 g/mol. The van der Waals surface area contributed by atoms with Gasteiger partial charge in [-0.2, -0.15) is 0 Å². The van der Waals surface area contributed by atoms with E-state index in [9.17, 15) is 0 Å². The summed E-state index contributed by atoms with van der Waals surface area (Å²) in [5, 5.41) is 3.61. The lowest BCUT2D eigenvalue weighted by atomic mass is 10.1. The van der Waals surface area contributed by atoms with Crippen molar-refractivity contribution in [3.05, 3.63) is 53.7 Å². The van der Waals surface area contributed by atoms with Crippen LogP contribution in [-0.4, -0.2) is 50.9 Å². The van der Waals surface area contributed by atoms with Crippen molar-refractivity contribution in [3.63, 3.8) is 0 Å². The molecule has 2 aliphatic rings. The molecule has 0 amide bonds.